The van der Waals surface area contributed by atoms with Crippen molar-refractivity contribution >= 4 is 23.1 Å². The largest absolute Gasteiger partial charge is 0.508 e. The summed E-state index contributed by atoms with van der Waals surface area (Å²) in [7, 11) is 0. The second kappa shape index (κ2) is 8.26. The first kappa shape index (κ1) is 23.1. The lowest BCUT2D eigenvalue weighted by Gasteiger charge is -2.28. The van der Waals surface area contributed by atoms with E-state index in [1.165, 1.54) is 30.3 Å². The van der Waals surface area contributed by atoms with E-state index in [1.807, 2.05) is 47.6 Å². The van der Waals surface area contributed by atoms with Crippen molar-refractivity contribution in [2.75, 3.05) is 5.32 Å². The molecule has 0 aromatic heterocycles. The summed E-state index contributed by atoms with van der Waals surface area (Å²) in [5.74, 6) is -1.20. The molecule has 0 heterocycles. The van der Waals surface area contributed by atoms with Crippen LogP contribution in [0.25, 0.3) is 0 Å². The number of anilines is 1. The Labute approximate surface area is 176 Å². The number of phenols is 1. The van der Waals surface area contributed by atoms with Gasteiger partial charge in [0.25, 0.3) is 5.69 Å². The lowest BCUT2D eigenvalue weighted by atomic mass is 9.79. The summed E-state index contributed by atoms with van der Waals surface area (Å²) < 4.78 is 0. The minimum Gasteiger partial charge on any atom is -0.508 e. The van der Waals surface area contributed by atoms with Gasteiger partial charge in [-0.3, -0.25) is 19.7 Å². The molecule has 0 unspecified atom stereocenters. The number of amides is 1. The van der Waals surface area contributed by atoms with Gasteiger partial charge < -0.3 is 10.4 Å². The lowest BCUT2D eigenvalue weighted by molar-refractivity contribution is -0.385. The van der Waals surface area contributed by atoms with Crippen LogP contribution in [0.1, 0.15) is 69.4 Å². The number of ketones is 1. The SMILES string of the molecule is CC(C)(C)c1cc(C(C)(C)C)c(NC(=O)CC(=O)c2ccccc2[N+](=O)[O-])cc1O. The van der Waals surface area contributed by atoms with Gasteiger partial charge >= 0.3 is 0 Å². The summed E-state index contributed by atoms with van der Waals surface area (Å²) >= 11 is 0. The van der Waals surface area contributed by atoms with Crippen LogP contribution in [0.15, 0.2) is 36.4 Å². The number of carbonyl (C=O) groups excluding carboxylic acids is 2. The van der Waals surface area contributed by atoms with Gasteiger partial charge in [-0.25, -0.2) is 0 Å². The molecule has 7 nitrogen and oxygen atoms in total. The summed E-state index contributed by atoms with van der Waals surface area (Å²) in [6.07, 6.45) is -0.545. The number of aromatic hydroxyl groups is 1. The first-order valence-corrected chi connectivity index (χ1v) is 9.66. The minimum absolute atomic E-state index is 0.0517. The number of hydrogen-bond donors (Lipinski definition) is 2. The van der Waals surface area contributed by atoms with E-state index >= 15 is 0 Å². The summed E-state index contributed by atoms with van der Waals surface area (Å²) in [5.41, 5.74) is 0.900. The molecule has 0 aliphatic rings. The molecule has 0 spiro atoms. The third-order valence-corrected chi connectivity index (χ3v) is 4.75. The topological polar surface area (TPSA) is 110 Å². The van der Waals surface area contributed by atoms with Crippen molar-refractivity contribution in [3.63, 3.8) is 0 Å². The van der Waals surface area contributed by atoms with Crippen LogP contribution < -0.4 is 5.32 Å². The van der Waals surface area contributed by atoms with Crippen molar-refractivity contribution in [2.45, 2.75) is 58.8 Å². The van der Waals surface area contributed by atoms with Gasteiger partial charge in [0.05, 0.1) is 16.9 Å². The van der Waals surface area contributed by atoms with E-state index in [0.717, 1.165) is 11.1 Å². The third-order valence-electron chi connectivity index (χ3n) is 4.75. The summed E-state index contributed by atoms with van der Waals surface area (Å²) in [6, 6.07) is 8.90. The smallest absolute Gasteiger partial charge is 0.280 e. The number of nitro benzene ring substituents is 1. The van der Waals surface area contributed by atoms with Gasteiger partial charge in [-0.2, -0.15) is 0 Å². The predicted molar refractivity (Wildman–Crippen MR) is 116 cm³/mol. The molecule has 0 aliphatic carbocycles. The number of nitrogens with zero attached hydrogens (tertiary/aromatic N) is 1. The fraction of sp³-hybridized carbons (Fsp3) is 0.391. The van der Waals surface area contributed by atoms with E-state index in [4.69, 9.17) is 0 Å². The van der Waals surface area contributed by atoms with Crippen molar-refractivity contribution in [1.82, 2.24) is 0 Å². The van der Waals surface area contributed by atoms with E-state index < -0.39 is 23.0 Å². The second-order valence-corrected chi connectivity index (χ2v) is 9.34. The number of phenolic OH excluding ortho intramolecular Hbond substituents is 1. The molecule has 0 saturated heterocycles. The molecule has 1 amide bonds. The maximum atomic E-state index is 12.6. The van der Waals surface area contributed by atoms with Crippen molar-refractivity contribution in [2.24, 2.45) is 0 Å². The van der Waals surface area contributed by atoms with Gasteiger partial charge in [-0.1, -0.05) is 53.7 Å². The predicted octanol–water partition coefficient (Wildman–Crippen LogP) is 5.11. The Kier molecular flexibility index (Phi) is 6.35. The molecule has 2 aromatic carbocycles. The van der Waals surface area contributed by atoms with Crippen molar-refractivity contribution in [1.29, 1.82) is 0 Å². The first-order chi connectivity index (χ1) is 13.7. The average Bonchev–Trinajstić information content (AvgIpc) is 2.59. The zero-order chi connectivity index (χ0) is 22.9. The number of benzene rings is 2. The monoisotopic (exact) mass is 412 g/mol. The number of hydrogen-bond acceptors (Lipinski definition) is 5. The van der Waals surface area contributed by atoms with Crippen LogP contribution >= 0.6 is 0 Å². The summed E-state index contributed by atoms with van der Waals surface area (Å²) in [6.45, 7) is 11.9. The molecular formula is C23H28N2O5. The standard InChI is InChI=1S/C23H28N2O5/c1-22(2,3)15-11-16(23(4,5)6)20(27)12-17(15)24-21(28)13-19(26)14-9-7-8-10-18(14)25(29)30/h7-12,27H,13H2,1-6H3,(H,24,28). The molecule has 2 aromatic rings. The summed E-state index contributed by atoms with van der Waals surface area (Å²) in [5, 5.41) is 24.3. The molecule has 0 radical (unpaired) electrons. The van der Waals surface area contributed by atoms with E-state index in [-0.39, 0.29) is 27.8 Å². The van der Waals surface area contributed by atoms with E-state index in [0.29, 0.717) is 5.69 Å². The van der Waals surface area contributed by atoms with Gasteiger partial charge in [0.1, 0.15) is 5.75 Å². The Hall–Kier alpha value is -3.22. The zero-order valence-corrected chi connectivity index (χ0v) is 18.2. The minimum atomic E-state index is -0.647. The second-order valence-electron chi connectivity index (χ2n) is 9.34. The Morgan fingerprint density at radius 3 is 2.10 bits per heavy atom. The molecule has 7 heteroatoms. The highest BCUT2D eigenvalue weighted by Crippen LogP contribution is 2.39. The van der Waals surface area contributed by atoms with Crippen molar-refractivity contribution in [3.05, 3.63) is 63.2 Å². The normalized spacial score (nSPS) is 11.8. The van der Waals surface area contributed by atoms with Crippen LogP contribution in [0.3, 0.4) is 0 Å². The van der Waals surface area contributed by atoms with Gasteiger partial charge in [0, 0.05) is 17.8 Å². The van der Waals surface area contributed by atoms with Crippen LogP contribution in [0.5, 0.6) is 5.75 Å². The van der Waals surface area contributed by atoms with Crippen LogP contribution in [0, 0.1) is 10.1 Å². The molecule has 2 N–H and O–H groups in total. The molecule has 0 bridgehead atoms. The molecule has 0 aliphatic heterocycles. The fourth-order valence-electron chi connectivity index (χ4n) is 3.22. The summed E-state index contributed by atoms with van der Waals surface area (Å²) in [4.78, 5) is 35.5. The highest BCUT2D eigenvalue weighted by molar-refractivity contribution is 6.12. The molecule has 160 valence electrons. The molecule has 0 saturated carbocycles. The molecule has 2 rings (SSSR count). The van der Waals surface area contributed by atoms with Crippen LogP contribution in [0.2, 0.25) is 0 Å². The van der Waals surface area contributed by atoms with Gasteiger partial charge in [-0.15, -0.1) is 0 Å². The third kappa shape index (κ3) is 5.23. The van der Waals surface area contributed by atoms with Crippen molar-refractivity contribution < 1.29 is 19.6 Å². The fourth-order valence-corrected chi connectivity index (χ4v) is 3.22. The number of nitrogens with one attached hydrogen (secondary N) is 1. The number of carbonyl (C=O) groups is 2. The maximum absolute atomic E-state index is 12.6. The van der Waals surface area contributed by atoms with E-state index in [2.05, 4.69) is 5.32 Å². The van der Waals surface area contributed by atoms with E-state index in [9.17, 15) is 24.8 Å². The highest BCUT2D eigenvalue weighted by atomic mass is 16.6. The van der Waals surface area contributed by atoms with Gasteiger partial charge in [0.2, 0.25) is 5.91 Å². The molecule has 0 fully saturated rings. The lowest BCUT2D eigenvalue weighted by Crippen LogP contribution is -2.22. The first-order valence-electron chi connectivity index (χ1n) is 9.66. The van der Waals surface area contributed by atoms with E-state index in [1.54, 1.807) is 0 Å². The van der Waals surface area contributed by atoms with Crippen LogP contribution in [-0.2, 0) is 15.6 Å². The van der Waals surface area contributed by atoms with Gasteiger partial charge in [0.15, 0.2) is 5.78 Å². The molecule has 30 heavy (non-hydrogen) atoms. The quantitative estimate of drug-likeness (QED) is 0.307. The Morgan fingerprint density at radius 1 is 1.00 bits per heavy atom. The molecular weight excluding hydrogens is 384 g/mol. The number of Topliss-reactive ketones (excluding diaryl/α,β-unsaturated/α-hetero) is 1. The van der Waals surface area contributed by atoms with Crippen molar-refractivity contribution in [3.8, 4) is 5.75 Å². The Balaban J connectivity index is 2.34. The van der Waals surface area contributed by atoms with Gasteiger partial charge in [-0.05, 0) is 34.1 Å². The Morgan fingerprint density at radius 2 is 1.57 bits per heavy atom. The number of nitro groups is 1. The average molecular weight is 412 g/mol. The van der Waals surface area contributed by atoms with Crippen LogP contribution in [-0.4, -0.2) is 21.7 Å². The molecule has 0 atom stereocenters. The maximum Gasteiger partial charge on any atom is 0.280 e. The zero-order valence-electron chi connectivity index (χ0n) is 18.2. The van der Waals surface area contributed by atoms with Crippen LogP contribution in [0.4, 0.5) is 11.4 Å². The number of para-hydroxylation sites is 1. The highest BCUT2D eigenvalue weighted by Gasteiger charge is 2.27. The number of rotatable bonds is 5. The Bertz CT molecular complexity index is 998.